The van der Waals surface area contributed by atoms with Gasteiger partial charge in [-0.15, -0.1) is 0 Å². The van der Waals surface area contributed by atoms with Gasteiger partial charge in [0, 0.05) is 6.04 Å². The molecule has 0 bridgehead atoms. The Labute approximate surface area is 125 Å². The van der Waals surface area contributed by atoms with Gasteiger partial charge in [0.15, 0.2) is 9.84 Å². The van der Waals surface area contributed by atoms with Crippen LogP contribution < -0.4 is 5.32 Å². The maximum Gasteiger partial charge on any atom is 0.320 e. The molecule has 0 aromatic heterocycles. The molecule has 1 aliphatic carbocycles. The molecule has 0 radical (unpaired) electrons. The van der Waals surface area contributed by atoms with E-state index in [4.69, 9.17) is 0 Å². The summed E-state index contributed by atoms with van der Waals surface area (Å²) >= 11 is 0. The minimum atomic E-state index is -3.56. The molecule has 0 amide bonds. The lowest BCUT2D eigenvalue weighted by molar-refractivity contribution is -0.137. The van der Waals surface area contributed by atoms with Crippen molar-refractivity contribution in [2.75, 3.05) is 19.4 Å². The summed E-state index contributed by atoms with van der Waals surface area (Å²) in [5.41, 5.74) is 2.05. The summed E-state index contributed by atoms with van der Waals surface area (Å²) in [7, 11) is -2.35. The standard InChI is InChI=1S/C15H21NO4S/c1-3-8-16-15-12-7-5-4-6-11(12)9-13(15)21(18,19)10-14(17)20-2/h4-7,13,15-16H,3,8-10H2,1-2H3. The van der Waals surface area contributed by atoms with Crippen LogP contribution in [0, 0.1) is 0 Å². The highest BCUT2D eigenvalue weighted by molar-refractivity contribution is 7.92. The smallest absolute Gasteiger partial charge is 0.320 e. The van der Waals surface area contributed by atoms with Crippen LogP contribution in [0.2, 0.25) is 0 Å². The quantitative estimate of drug-likeness (QED) is 0.800. The minimum Gasteiger partial charge on any atom is -0.468 e. The van der Waals surface area contributed by atoms with Crippen LogP contribution in [0.25, 0.3) is 0 Å². The Hall–Kier alpha value is -1.40. The van der Waals surface area contributed by atoms with Crippen molar-refractivity contribution in [2.45, 2.75) is 31.1 Å². The molecule has 21 heavy (non-hydrogen) atoms. The first kappa shape index (κ1) is 16.0. The van der Waals surface area contributed by atoms with Crippen LogP contribution in [-0.2, 0) is 25.8 Å². The van der Waals surface area contributed by atoms with Crippen molar-refractivity contribution in [1.29, 1.82) is 0 Å². The average molecular weight is 311 g/mol. The Bertz CT molecular complexity index is 612. The summed E-state index contributed by atoms with van der Waals surface area (Å²) in [6, 6.07) is 7.47. The Balaban J connectivity index is 2.28. The van der Waals surface area contributed by atoms with Gasteiger partial charge in [0.25, 0.3) is 0 Å². The first-order valence-corrected chi connectivity index (χ1v) is 8.80. The van der Waals surface area contributed by atoms with E-state index in [0.717, 1.165) is 24.1 Å². The van der Waals surface area contributed by atoms with Crippen LogP contribution >= 0.6 is 0 Å². The van der Waals surface area contributed by atoms with Gasteiger partial charge in [0.1, 0.15) is 5.75 Å². The second-order valence-corrected chi connectivity index (χ2v) is 7.48. The summed E-state index contributed by atoms with van der Waals surface area (Å²) in [5, 5.41) is 2.69. The van der Waals surface area contributed by atoms with E-state index in [-0.39, 0.29) is 6.04 Å². The van der Waals surface area contributed by atoms with Crippen LogP contribution in [0.1, 0.15) is 30.5 Å². The van der Waals surface area contributed by atoms with Crippen molar-refractivity contribution >= 4 is 15.8 Å². The molecule has 1 aromatic rings. The number of hydrogen-bond donors (Lipinski definition) is 1. The maximum absolute atomic E-state index is 12.5. The predicted molar refractivity (Wildman–Crippen MR) is 80.8 cm³/mol. The highest BCUT2D eigenvalue weighted by atomic mass is 32.2. The third-order valence-electron chi connectivity index (χ3n) is 3.81. The number of ether oxygens (including phenoxy) is 1. The van der Waals surface area contributed by atoms with Gasteiger partial charge in [-0.3, -0.25) is 4.79 Å². The van der Waals surface area contributed by atoms with Crippen LogP contribution in [0.4, 0.5) is 0 Å². The highest BCUT2D eigenvalue weighted by Gasteiger charge is 2.41. The molecular formula is C15H21NO4S. The Morgan fingerprint density at radius 3 is 2.76 bits per heavy atom. The largest absolute Gasteiger partial charge is 0.468 e. The van der Waals surface area contributed by atoms with Crippen molar-refractivity contribution in [3.63, 3.8) is 0 Å². The number of methoxy groups -OCH3 is 1. The Morgan fingerprint density at radius 2 is 2.10 bits per heavy atom. The van der Waals surface area contributed by atoms with E-state index in [1.54, 1.807) is 0 Å². The second kappa shape index (κ2) is 6.58. The molecule has 0 saturated heterocycles. The number of nitrogens with one attached hydrogen (secondary N) is 1. The molecule has 1 N–H and O–H groups in total. The number of benzene rings is 1. The van der Waals surface area contributed by atoms with E-state index >= 15 is 0 Å². The van der Waals surface area contributed by atoms with E-state index in [0.29, 0.717) is 6.42 Å². The average Bonchev–Trinajstić information content (AvgIpc) is 2.84. The molecule has 0 fully saturated rings. The Kier molecular flexibility index (Phi) is 5.00. The lowest BCUT2D eigenvalue weighted by atomic mass is 10.1. The molecule has 2 atom stereocenters. The molecule has 0 aliphatic heterocycles. The molecule has 0 spiro atoms. The lowest BCUT2D eigenvalue weighted by Gasteiger charge is -2.21. The van der Waals surface area contributed by atoms with Gasteiger partial charge in [-0.2, -0.15) is 0 Å². The van der Waals surface area contributed by atoms with E-state index in [9.17, 15) is 13.2 Å². The molecule has 0 heterocycles. The molecule has 1 aromatic carbocycles. The first-order valence-electron chi connectivity index (χ1n) is 7.09. The molecule has 2 rings (SSSR count). The molecule has 1 aliphatic rings. The molecule has 2 unspecified atom stereocenters. The van der Waals surface area contributed by atoms with E-state index in [1.165, 1.54) is 7.11 Å². The van der Waals surface area contributed by atoms with Crippen LogP contribution in [0.5, 0.6) is 0 Å². The van der Waals surface area contributed by atoms with Crippen LogP contribution in [0.3, 0.4) is 0 Å². The van der Waals surface area contributed by atoms with Gasteiger partial charge in [0.05, 0.1) is 12.4 Å². The third-order valence-corrected chi connectivity index (χ3v) is 5.80. The number of esters is 1. The summed E-state index contributed by atoms with van der Waals surface area (Å²) in [5.74, 6) is -1.27. The van der Waals surface area contributed by atoms with Gasteiger partial charge in [0.2, 0.25) is 0 Å². The van der Waals surface area contributed by atoms with Crippen LogP contribution in [-0.4, -0.2) is 39.0 Å². The fraction of sp³-hybridized carbons (Fsp3) is 0.533. The maximum atomic E-state index is 12.5. The second-order valence-electron chi connectivity index (χ2n) is 5.26. The SMILES string of the molecule is CCCNC1c2ccccc2CC1S(=O)(=O)CC(=O)OC. The zero-order chi connectivity index (χ0) is 15.5. The van der Waals surface area contributed by atoms with E-state index in [1.807, 2.05) is 31.2 Å². The van der Waals surface area contributed by atoms with Gasteiger partial charge in [-0.1, -0.05) is 31.2 Å². The highest BCUT2D eigenvalue weighted by Crippen LogP contribution is 2.35. The van der Waals surface area contributed by atoms with Crippen molar-refractivity contribution in [3.8, 4) is 0 Å². The third kappa shape index (κ3) is 3.44. The minimum absolute atomic E-state index is 0.254. The topological polar surface area (TPSA) is 72.5 Å². The summed E-state index contributed by atoms with van der Waals surface area (Å²) in [6.45, 7) is 2.77. The number of hydrogen-bond acceptors (Lipinski definition) is 5. The van der Waals surface area contributed by atoms with Crippen molar-refractivity contribution in [2.24, 2.45) is 0 Å². The normalized spacial score (nSPS) is 21.0. The number of fused-ring (bicyclic) bond motifs is 1. The summed E-state index contributed by atoms with van der Waals surface area (Å²) in [6.07, 6.45) is 1.36. The number of sulfone groups is 1. The molecule has 0 saturated carbocycles. The lowest BCUT2D eigenvalue weighted by Crippen LogP contribution is -2.38. The van der Waals surface area contributed by atoms with Crippen molar-refractivity contribution in [3.05, 3.63) is 35.4 Å². The number of carbonyl (C=O) groups is 1. The number of rotatable bonds is 6. The van der Waals surface area contributed by atoms with Gasteiger partial charge in [-0.25, -0.2) is 8.42 Å². The van der Waals surface area contributed by atoms with E-state index < -0.39 is 26.8 Å². The predicted octanol–water partition coefficient (Wildman–Crippen LogP) is 1.24. The number of carbonyl (C=O) groups excluding carboxylic acids is 1. The molecule has 5 nitrogen and oxygen atoms in total. The van der Waals surface area contributed by atoms with Crippen molar-refractivity contribution < 1.29 is 17.9 Å². The monoisotopic (exact) mass is 311 g/mol. The van der Waals surface area contributed by atoms with Gasteiger partial charge >= 0.3 is 5.97 Å². The van der Waals surface area contributed by atoms with Crippen LogP contribution in [0.15, 0.2) is 24.3 Å². The molecular weight excluding hydrogens is 290 g/mol. The zero-order valence-corrected chi connectivity index (χ0v) is 13.2. The fourth-order valence-corrected chi connectivity index (χ4v) is 4.52. The molecule has 6 heteroatoms. The zero-order valence-electron chi connectivity index (χ0n) is 12.3. The summed E-state index contributed by atoms with van der Waals surface area (Å²) < 4.78 is 29.5. The van der Waals surface area contributed by atoms with Gasteiger partial charge in [-0.05, 0) is 30.5 Å². The summed E-state index contributed by atoms with van der Waals surface area (Å²) in [4.78, 5) is 11.4. The van der Waals surface area contributed by atoms with Crippen molar-refractivity contribution in [1.82, 2.24) is 5.32 Å². The van der Waals surface area contributed by atoms with Gasteiger partial charge < -0.3 is 10.1 Å². The first-order chi connectivity index (χ1) is 9.99. The molecule has 116 valence electrons. The fourth-order valence-electron chi connectivity index (χ4n) is 2.76. The Morgan fingerprint density at radius 1 is 1.38 bits per heavy atom. The van der Waals surface area contributed by atoms with E-state index in [2.05, 4.69) is 10.1 Å².